The highest BCUT2D eigenvalue weighted by molar-refractivity contribution is 5.95. The molecule has 1 fully saturated rings. The zero-order chi connectivity index (χ0) is 14.7. The van der Waals surface area contributed by atoms with Crippen molar-refractivity contribution in [1.82, 2.24) is 10.2 Å². The number of rotatable bonds is 4. The summed E-state index contributed by atoms with van der Waals surface area (Å²) >= 11 is 0. The highest BCUT2D eigenvalue weighted by atomic mass is 35.5. The first-order valence-corrected chi connectivity index (χ1v) is 6.35. The monoisotopic (exact) mass is 315 g/mol. The number of nitrogens with one attached hydrogen (secondary N) is 1. The van der Waals surface area contributed by atoms with Gasteiger partial charge in [0.1, 0.15) is 0 Å². The van der Waals surface area contributed by atoms with Crippen LogP contribution in [0.4, 0.5) is 5.69 Å². The van der Waals surface area contributed by atoms with Gasteiger partial charge in [-0.3, -0.25) is 14.9 Å². The van der Waals surface area contributed by atoms with E-state index in [4.69, 9.17) is 4.74 Å². The van der Waals surface area contributed by atoms with Crippen LogP contribution in [0.2, 0.25) is 0 Å². The highest BCUT2D eigenvalue weighted by Gasteiger charge is 2.27. The van der Waals surface area contributed by atoms with Crippen LogP contribution < -0.4 is 10.1 Å². The number of likely N-dealkylation sites (tertiary alicyclic amines) is 1. The number of nitrogens with zero attached hydrogens (tertiary/aromatic N) is 2. The minimum Gasteiger partial charge on any atom is -0.490 e. The average molecular weight is 316 g/mol. The summed E-state index contributed by atoms with van der Waals surface area (Å²) in [5, 5.41) is 14.1. The lowest BCUT2D eigenvalue weighted by Gasteiger charge is -2.16. The Balaban J connectivity index is 0.00000220. The Kier molecular flexibility index (Phi) is 5.92. The van der Waals surface area contributed by atoms with Crippen molar-refractivity contribution in [1.29, 1.82) is 0 Å². The summed E-state index contributed by atoms with van der Waals surface area (Å²) in [6.07, 6.45) is 0.889. The maximum absolute atomic E-state index is 12.3. The molecule has 1 N–H and O–H groups in total. The van der Waals surface area contributed by atoms with Gasteiger partial charge in [-0.1, -0.05) is 0 Å². The summed E-state index contributed by atoms with van der Waals surface area (Å²) in [7, 11) is 3.22. The molecule has 0 bridgehead atoms. The SMILES string of the molecule is CNC1CCN(C(=O)c2ccc(OC)c([N+](=O)[O-])c2)C1.Cl. The number of hydrogen-bond acceptors (Lipinski definition) is 5. The van der Waals surface area contributed by atoms with Crippen LogP contribution in [-0.2, 0) is 0 Å². The molecular weight excluding hydrogens is 298 g/mol. The Hall–Kier alpha value is -1.86. The van der Waals surface area contributed by atoms with Gasteiger partial charge in [0.2, 0.25) is 0 Å². The molecule has 1 aromatic carbocycles. The van der Waals surface area contributed by atoms with E-state index in [9.17, 15) is 14.9 Å². The second-order valence-electron chi connectivity index (χ2n) is 4.67. The molecule has 1 amide bonds. The standard InChI is InChI=1S/C13H17N3O4.ClH/c1-14-10-5-6-15(8-10)13(17)9-3-4-12(20-2)11(7-9)16(18)19;/h3-4,7,10,14H,5-6,8H2,1-2H3;1H. The lowest BCUT2D eigenvalue weighted by Crippen LogP contribution is -2.33. The molecule has 116 valence electrons. The summed E-state index contributed by atoms with van der Waals surface area (Å²) in [5.74, 6) is -0.0328. The summed E-state index contributed by atoms with van der Waals surface area (Å²) in [6.45, 7) is 1.28. The Morgan fingerprint density at radius 3 is 2.76 bits per heavy atom. The van der Waals surface area contributed by atoms with Gasteiger partial charge in [-0.05, 0) is 25.6 Å². The van der Waals surface area contributed by atoms with E-state index in [-0.39, 0.29) is 35.8 Å². The predicted octanol–water partition coefficient (Wildman–Crippen LogP) is 1.46. The number of carbonyl (C=O) groups is 1. The van der Waals surface area contributed by atoms with Crippen molar-refractivity contribution in [2.75, 3.05) is 27.2 Å². The number of ether oxygens (including phenoxy) is 1. The van der Waals surface area contributed by atoms with Gasteiger partial charge in [0.15, 0.2) is 5.75 Å². The summed E-state index contributed by atoms with van der Waals surface area (Å²) in [5.41, 5.74) is 0.122. The fourth-order valence-corrected chi connectivity index (χ4v) is 2.33. The number of halogens is 1. The molecule has 1 saturated heterocycles. The van der Waals surface area contributed by atoms with Gasteiger partial charge in [0, 0.05) is 30.8 Å². The van der Waals surface area contributed by atoms with Crippen LogP contribution in [0.3, 0.4) is 0 Å². The minimum atomic E-state index is -0.546. The third-order valence-electron chi connectivity index (χ3n) is 3.51. The van der Waals surface area contributed by atoms with Crippen molar-refractivity contribution in [2.24, 2.45) is 0 Å². The molecule has 1 atom stereocenters. The Morgan fingerprint density at radius 1 is 1.52 bits per heavy atom. The van der Waals surface area contributed by atoms with E-state index in [1.807, 2.05) is 7.05 Å². The van der Waals surface area contributed by atoms with E-state index in [0.717, 1.165) is 6.42 Å². The Bertz CT molecular complexity index is 538. The first-order chi connectivity index (χ1) is 9.56. The van der Waals surface area contributed by atoms with Crippen LogP contribution in [0.15, 0.2) is 18.2 Å². The van der Waals surface area contributed by atoms with Gasteiger partial charge < -0.3 is 15.0 Å². The van der Waals surface area contributed by atoms with E-state index in [0.29, 0.717) is 18.7 Å². The number of likely N-dealkylation sites (N-methyl/N-ethyl adjacent to an activating group) is 1. The highest BCUT2D eigenvalue weighted by Crippen LogP contribution is 2.28. The second-order valence-corrected chi connectivity index (χ2v) is 4.67. The number of nitro benzene ring substituents is 1. The Morgan fingerprint density at radius 2 is 2.24 bits per heavy atom. The molecule has 1 aromatic rings. The molecule has 1 aliphatic rings. The molecule has 7 nitrogen and oxygen atoms in total. The van der Waals surface area contributed by atoms with Gasteiger partial charge in [-0.2, -0.15) is 0 Å². The number of amides is 1. The predicted molar refractivity (Wildman–Crippen MR) is 80.3 cm³/mol. The normalized spacial score (nSPS) is 17.2. The van der Waals surface area contributed by atoms with E-state index >= 15 is 0 Å². The number of hydrogen-bond donors (Lipinski definition) is 1. The summed E-state index contributed by atoms with van der Waals surface area (Å²) < 4.78 is 4.92. The Labute approximate surface area is 128 Å². The average Bonchev–Trinajstić information content (AvgIpc) is 2.94. The van der Waals surface area contributed by atoms with Crippen molar-refractivity contribution in [3.05, 3.63) is 33.9 Å². The quantitative estimate of drug-likeness (QED) is 0.671. The van der Waals surface area contributed by atoms with Gasteiger partial charge in [-0.15, -0.1) is 12.4 Å². The van der Waals surface area contributed by atoms with Gasteiger partial charge in [-0.25, -0.2) is 0 Å². The third kappa shape index (κ3) is 3.62. The molecular formula is C13H18ClN3O4. The van der Waals surface area contributed by atoms with Gasteiger partial charge in [0.25, 0.3) is 5.91 Å². The molecule has 21 heavy (non-hydrogen) atoms. The number of methoxy groups -OCH3 is 1. The molecule has 1 aliphatic heterocycles. The molecule has 0 saturated carbocycles. The van der Waals surface area contributed by atoms with E-state index in [1.165, 1.54) is 19.2 Å². The van der Waals surface area contributed by atoms with Crippen LogP contribution in [0.5, 0.6) is 5.75 Å². The smallest absolute Gasteiger partial charge is 0.311 e. The maximum atomic E-state index is 12.3. The van der Waals surface area contributed by atoms with Crippen molar-refractivity contribution in [3.8, 4) is 5.75 Å². The summed E-state index contributed by atoms with van der Waals surface area (Å²) in [4.78, 5) is 24.4. The molecule has 1 heterocycles. The largest absolute Gasteiger partial charge is 0.490 e. The van der Waals surface area contributed by atoms with Crippen molar-refractivity contribution < 1.29 is 14.5 Å². The summed E-state index contributed by atoms with van der Waals surface area (Å²) in [6, 6.07) is 4.57. The number of nitro groups is 1. The van der Waals surface area contributed by atoms with Crippen LogP contribution in [0, 0.1) is 10.1 Å². The van der Waals surface area contributed by atoms with Crippen molar-refractivity contribution in [3.63, 3.8) is 0 Å². The van der Waals surface area contributed by atoms with Crippen molar-refractivity contribution in [2.45, 2.75) is 12.5 Å². The topological polar surface area (TPSA) is 84.7 Å². The van der Waals surface area contributed by atoms with E-state index in [2.05, 4.69) is 5.32 Å². The van der Waals surface area contributed by atoms with Gasteiger partial charge in [0.05, 0.1) is 12.0 Å². The fraction of sp³-hybridized carbons (Fsp3) is 0.462. The molecule has 0 aliphatic carbocycles. The number of carbonyl (C=O) groups excluding carboxylic acids is 1. The molecule has 0 aromatic heterocycles. The second kappa shape index (κ2) is 7.24. The molecule has 8 heteroatoms. The lowest BCUT2D eigenvalue weighted by atomic mass is 10.1. The zero-order valence-electron chi connectivity index (χ0n) is 11.9. The van der Waals surface area contributed by atoms with Crippen LogP contribution >= 0.6 is 12.4 Å². The molecule has 0 radical (unpaired) electrons. The van der Waals surface area contributed by atoms with E-state index in [1.54, 1.807) is 11.0 Å². The van der Waals surface area contributed by atoms with Crippen LogP contribution in [-0.4, -0.2) is 49.0 Å². The minimum absolute atomic E-state index is 0. The fourth-order valence-electron chi connectivity index (χ4n) is 2.33. The zero-order valence-corrected chi connectivity index (χ0v) is 12.7. The van der Waals surface area contributed by atoms with Crippen LogP contribution in [0.1, 0.15) is 16.8 Å². The molecule has 2 rings (SSSR count). The van der Waals surface area contributed by atoms with Gasteiger partial charge >= 0.3 is 5.69 Å². The lowest BCUT2D eigenvalue weighted by molar-refractivity contribution is -0.385. The van der Waals surface area contributed by atoms with Crippen molar-refractivity contribution >= 4 is 24.0 Å². The molecule has 1 unspecified atom stereocenters. The van der Waals surface area contributed by atoms with E-state index < -0.39 is 4.92 Å². The first-order valence-electron chi connectivity index (χ1n) is 6.35. The number of benzene rings is 1. The van der Waals surface area contributed by atoms with Crippen LogP contribution in [0.25, 0.3) is 0 Å². The molecule has 0 spiro atoms. The first kappa shape index (κ1) is 17.2. The third-order valence-corrected chi connectivity index (χ3v) is 3.51. The maximum Gasteiger partial charge on any atom is 0.311 e.